The lowest BCUT2D eigenvalue weighted by atomic mass is 10.1. The Kier molecular flexibility index (Phi) is 7.38. The molecule has 9 heteroatoms. The van der Waals surface area contributed by atoms with Gasteiger partial charge in [-0.25, -0.2) is 0 Å². The van der Waals surface area contributed by atoms with E-state index in [9.17, 15) is 9.59 Å². The lowest BCUT2D eigenvalue weighted by Gasteiger charge is -2.36. The Morgan fingerprint density at radius 3 is 2.35 bits per heavy atom. The van der Waals surface area contributed by atoms with Crippen LogP contribution in [-0.2, 0) is 9.59 Å². The van der Waals surface area contributed by atoms with Crippen LogP contribution < -0.4 is 21.3 Å². The van der Waals surface area contributed by atoms with E-state index in [-0.39, 0.29) is 24.2 Å². The van der Waals surface area contributed by atoms with Gasteiger partial charge in [-0.05, 0) is 61.7 Å². The van der Waals surface area contributed by atoms with Gasteiger partial charge < -0.3 is 21.3 Å². The second-order valence-corrected chi connectivity index (χ2v) is 9.38. The molecule has 1 atom stereocenters. The second kappa shape index (κ2) is 10.4. The monoisotopic (exact) mass is 482 g/mol. The maximum absolute atomic E-state index is 12.4. The molecular weight excluding hydrogens is 452 g/mol. The predicted octanol–water partition coefficient (Wildman–Crippen LogP) is 3.11. The highest BCUT2D eigenvalue weighted by Gasteiger charge is 2.31. The van der Waals surface area contributed by atoms with Crippen LogP contribution >= 0.6 is 11.6 Å². The van der Waals surface area contributed by atoms with Crippen molar-refractivity contribution in [3.8, 4) is 0 Å². The van der Waals surface area contributed by atoms with Crippen molar-refractivity contribution in [1.29, 1.82) is 5.41 Å². The van der Waals surface area contributed by atoms with Crippen molar-refractivity contribution < 1.29 is 9.59 Å². The molecule has 2 amide bonds. The first-order valence-corrected chi connectivity index (χ1v) is 12.0. The number of halogens is 1. The lowest BCUT2D eigenvalue weighted by molar-refractivity contribution is -0.127. The summed E-state index contributed by atoms with van der Waals surface area (Å²) in [4.78, 5) is 29.5. The van der Waals surface area contributed by atoms with Crippen LogP contribution in [0.25, 0.3) is 0 Å². The number of nitrogen functional groups attached to an aromatic ring is 1. The van der Waals surface area contributed by atoms with Gasteiger partial charge in [0.05, 0.1) is 16.8 Å². The molecule has 0 radical (unpaired) electrons. The van der Waals surface area contributed by atoms with Gasteiger partial charge in [0.1, 0.15) is 12.3 Å². The van der Waals surface area contributed by atoms with Crippen LogP contribution in [0.3, 0.4) is 0 Å². The standard InChI is InChI=1S/C25H31ClN6O2/c1-16(29-23(33)15-24(34)30-19-5-2-17(3-6-19)25(27)28)18-4-9-22(21(26)14-18)32-12-10-31(11-13-32)20-7-8-20/h2-6,9,14,16,20H,7-8,10-13,15H2,1H3,(H3,27,28)(H,29,33)(H,30,34). The predicted molar refractivity (Wildman–Crippen MR) is 136 cm³/mol. The van der Waals surface area contributed by atoms with E-state index in [1.54, 1.807) is 24.3 Å². The lowest BCUT2D eigenvalue weighted by Crippen LogP contribution is -2.47. The Labute approximate surface area is 204 Å². The molecule has 4 rings (SSSR count). The van der Waals surface area contributed by atoms with Crippen molar-refractivity contribution >= 4 is 40.6 Å². The highest BCUT2D eigenvalue weighted by atomic mass is 35.5. The first kappa shape index (κ1) is 24.0. The maximum atomic E-state index is 12.4. The third kappa shape index (κ3) is 6.07. The van der Waals surface area contributed by atoms with E-state index in [0.717, 1.165) is 43.5 Å². The molecule has 2 aromatic carbocycles. The van der Waals surface area contributed by atoms with Crippen molar-refractivity contribution in [2.45, 2.75) is 38.3 Å². The largest absolute Gasteiger partial charge is 0.384 e. The van der Waals surface area contributed by atoms with Crippen LogP contribution in [0.5, 0.6) is 0 Å². The van der Waals surface area contributed by atoms with Gasteiger partial charge in [0.2, 0.25) is 11.8 Å². The molecule has 0 bridgehead atoms. The number of carbonyl (C=O) groups excluding carboxylic acids is 2. The Balaban J connectivity index is 1.27. The first-order chi connectivity index (χ1) is 16.3. The van der Waals surface area contributed by atoms with Crippen LogP contribution in [-0.4, -0.2) is 54.8 Å². The zero-order chi connectivity index (χ0) is 24.2. The maximum Gasteiger partial charge on any atom is 0.233 e. The normalized spacial score (nSPS) is 17.2. The number of amidine groups is 1. The first-order valence-electron chi connectivity index (χ1n) is 11.6. The van der Waals surface area contributed by atoms with E-state index in [2.05, 4.69) is 20.4 Å². The molecule has 34 heavy (non-hydrogen) atoms. The van der Waals surface area contributed by atoms with E-state index < -0.39 is 5.91 Å². The fraction of sp³-hybridized carbons (Fsp3) is 0.400. The minimum atomic E-state index is -0.418. The number of anilines is 2. The van der Waals surface area contributed by atoms with Crippen LogP contribution in [0, 0.1) is 5.41 Å². The molecule has 1 unspecified atom stereocenters. The van der Waals surface area contributed by atoms with Gasteiger partial charge in [-0.2, -0.15) is 0 Å². The zero-order valence-electron chi connectivity index (χ0n) is 19.3. The number of rotatable bonds is 8. The van der Waals surface area contributed by atoms with E-state index >= 15 is 0 Å². The number of piperazine rings is 1. The number of hydrogen-bond donors (Lipinski definition) is 4. The average Bonchev–Trinajstić information content (AvgIpc) is 3.65. The summed E-state index contributed by atoms with van der Waals surface area (Å²) in [7, 11) is 0. The van der Waals surface area contributed by atoms with E-state index in [1.807, 2.05) is 25.1 Å². The Bertz CT molecular complexity index is 1060. The summed E-state index contributed by atoms with van der Waals surface area (Å²) in [5.41, 5.74) is 8.44. The average molecular weight is 483 g/mol. The van der Waals surface area contributed by atoms with Gasteiger partial charge in [0.15, 0.2) is 0 Å². The van der Waals surface area contributed by atoms with Crippen LogP contribution in [0.15, 0.2) is 42.5 Å². The summed E-state index contributed by atoms with van der Waals surface area (Å²) >= 11 is 6.61. The highest BCUT2D eigenvalue weighted by molar-refractivity contribution is 6.33. The number of benzene rings is 2. The summed E-state index contributed by atoms with van der Waals surface area (Å²) in [6, 6.07) is 13.0. The zero-order valence-corrected chi connectivity index (χ0v) is 20.1. The van der Waals surface area contributed by atoms with Crippen molar-refractivity contribution in [1.82, 2.24) is 10.2 Å². The van der Waals surface area contributed by atoms with Crippen LogP contribution in [0.4, 0.5) is 11.4 Å². The number of nitrogens with one attached hydrogen (secondary N) is 3. The number of nitrogens with zero attached hydrogens (tertiary/aromatic N) is 2. The Morgan fingerprint density at radius 1 is 1.09 bits per heavy atom. The van der Waals surface area contributed by atoms with Crippen molar-refractivity contribution in [3.63, 3.8) is 0 Å². The SMILES string of the molecule is CC(NC(=O)CC(=O)Nc1ccc(C(=N)N)cc1)c1ccc(N2CCN(C3CC3)CC2)c(Cl)c1. The Morgan fingerprint density at radius 2 is 1.76 bits per heavy atom. The van der Waals surface area contributed by atoms with E-state index in [4.69, 9.17) is 22.7 Å². The summed E-state index contributed by atoms with van der Waals surface area (Å²) < 4.78 is 0. The Hall–Kier alpha value is -3.10. The number of hydrogen-bond acceptors (Lipinski definition) is 5. The molecule has 2 aromatic rings. The molecule has 5 N–H and O–H groups in total. The molecule has 2 fully saturated rings. The van der Waals surface area contributed by atoms with Gasteiger partial charge in [0, 0.05) is 43.5 Å². The smallest absolute Gasteiger partial charge is 0.233 e. The van der Waals surface area contributed by atoms with Crippen molar-refractivity contribution in [2.24, 2.45) is 5.73 Å². The summed E-state index contributed by atoms with van der Waals surface area (Å²) in [6.45, 7) is 5.94. The molecular formula is C25H31ClN6O2. The number of amides is 2. The number of carbonyl (C=O) groups is 2. The van der Waals surface area contributed by atoms with Crippen molar-refractivity contribution in [3.05, 3.63) is 58.6 Å². The molecule has 180 valence electrons. The third-order valence-corrected chi connectivity index (χ3v) is 6.67. The van der Waals surface area contributed by atoms with Crippen LogP contribution in [0.2, 0.25) is 5.02 Å². The topological polar surface area (TPSA) is 115 Å². The van der Waals surface area contributed by atoms with Gasteiger partial charge >= 0.3 is 0 Å². The van der Waals surface area contributed by atoms with E-state index in [0.29, 0.717) is 16.3 Å². The minimum Gasteiger partial charge on any atom is -0.384 e. The molecule has 2 aliphatic rings. The third-order valence-electron chi connectivity index (χ3n) is 6.37. The van der Waals surface area contributed by atoms with Crippen molar-refractivity contribution in [2.75, 3.05) is 36.4 Å². The molecule has 1 heterocycles. The van der Waals surface area contributed by atoms with Gasteiger partial charge in [-0.3, -0.25) is 19.9 Å². The summed E-state index contributed by atoms with van der Waals surface area (Å²) in [5.74, 6) is -0.837. The molecule has 0 spiro atoms. The highest BCUT2D eigenvalue weighted by Crippen LogP contribution is 2.32. The molecule has 1 aliphatic heterocycles. The molecule has 1 saturated carbocycles. The summed E-state index contributed by atoms with van der Waals surface area (Å²) in [5, 5.41) is 13.6. The fourth-order valence-corrected chi connectivity index (χ4v) is 4.59. The van der Waals surface area contributed by atoms with Crippen LogP contribution in [0.1, 0.15) is 43.4 Å². The molecule has 1 aliphatic carbocycles. The molecule has 8 nitrogen and oxygen atoms in total. The van der Waals surface area contributed by atoms with Gasteiger partial charge in [0.25, 0.3) is 0 Å². The fourth-order valence-electron chi connectivity index (χ4n) is 4.28. The summed E-state index contributed by atoms with van der Waals surface area (Å²) in [6.07, 6.45) is 2.36. The quantitative estimate of drug-likeness (QED) is 0.262. The number of nitrogens with two attached hydrogens (primary N) is 1. The van der Waals surface area contributed by atoms with Gasteiger partial charge in [-0.1, -0.05) is 17.7 Å². The minimum absolute atomic E-state index is 0.0458. The van der Waals surface area contributed by atoms with E-state index in [1.165, 1.54) is 12.8 Å². The van der Waals surface area contributed by atoms with Gasteiger partial charge in [-0.15, -0.1) is 0 Å². The molecule has 1 saturated heterocycles. The molecule has 0 aromatic heterocycles. The second-order valence-electron chi connectivity index (χ2n) is 8.97.